The smallest absolute Gasteiger partial charge is 0.251 e. The minimum absolute atomic E-state index is 0.0199. The van der Waals surface area contributed by atoms with Crippen molar-refractivity contribution < 1.29 is 18.7 Å². The fraction of sp³-hybridized carbons (Fsp3) is 0.450. The van der Waals surface area contributed by atoms with Crippen LogP contribution < -0.4 is 14.8 Å². The number of likely N-dealkylation sites (tertiary alicyclic amines) is 1. The number of hydrogen-bond acceptors (Lipinski definition) is 5. The Balaban J connectivity index is 1.73. The van der Waals surface area contributed by atoms with E-state index in [-0.39, 0.29) is 11.9 Å². The topological polar surface area (TPSA) is 63.9 Å². The Morgan fingerprint density at radius 3 is 2.78 bits per heavy atom. The van der Waals surface area contributed by atoms with Crippen LogP contribution in [-0.4, -0.2) is 44.2 Å². The molecule has 1 amide bonds. The summed E-state index contributed by atoms with van der Waals surface area (Å²) in [6, 6.07) is 7.08. The average Bonchev–Trinajstić information content (AvgIpc) is 3.37. The molecule has 1 fully saturated rings. The van der Waals surface area contributed by atoms with Crippen molar-refractivity contribution in [3.63, 3.8) is 0 Å². The van der Waals surface area contributed by atoms with Gasteiger partial charge in [-0.25, -0.2) is 0 Å². The summed E-state index contributed by atoms with van der Waals surface area (Å²) < 4.78 is 16.4. The van der Waals surface area contributed by atoms with Crippen LogP contribution >= 0.6 is 11.6 Å². The molecule has 0 bridgehead atoms. The van der Waals surface area contributed by atoms with Gasteiger partial charge in [0.2, 0.25) is 0 Å². The zero-order valence-electron chi connectivity index (χ0n) is 15.7. The summed E-state index contributed by atoms with van der Waals surface area (Å²) in [5.74, 6) is 1.54. The molecule has 1 N–H and O–H groups in total. The standard InChI is InChI=1S/C20H25ClN2O4/c1-3-26-19-15(21)11-14(12-18(19)25-2)20(24)22-13-16(17-7-6-10-27-17)23-8-4-5-9-23/h6-7,10-12,16H,3-5,8-9,13H2,1-2H3,(H,22,24). The van der Waals surface area contributed by atoms with Gasteiger partial charge in [-0.2, -0.15) is 0 Å². The molecule has 1 unspecified atom stereocenters. The van der Waals surface area contributed by atoms with E-state index in [4.69, 9.17) is 25.5 Å². The second-order valence-electron chi connectivity index (χ2n) is 6.41. The predicted octanol–water partition coefficient (Wildman–Crippen LogP) is 3.91. The van der Waals surface area contributed by atoms with Gasteiger partial charge in [-0.15, -0.1) is 0 Å². The monoisotopic (exact) mass is 392 g/mol. The number of halogens is 1. The summed E-state index contributed by atoms with van der Waals surface area (Å²) in [6.07, 6.45) is 3.99. The molecule has 1 aliphatic heterocycles. The van der Waals surface area contributed by atoms with Crippen molar-refractivity contribution in [1.82, 2.24) is 10.2 Å². The number of amides is 1. The van der Waals surface area contributed by atoms with E-state index >= 15 is 0 Å². The maximum absolute atomic E-state index is 12.7. The summed E-state index contributed by atoms with van der Waals surface area (Å²) in [4.78, 5) is 15.0. The van der Waals surface area contributed by atoms with Crippen LogP contribution in [0.25, 0.3) is 0 Å². The summed E-state index contributed by atoms with van der Waals surface area (Å²) in [5.41, 5.74) is 0.430. The molecule has 1 aromatic carbocycles. The minimum Gasteiger partial charge on any atom is -0.493 e. The van der Waals surface area contributed by atoms with Crippen molar-refractivity contribution >= 4 is 17.5 Å². The third kappa shape index (κ3) is 4.57. The number of carbonyl (C=O) groups excluding carboxylic acids is 1. The van der Waals surface area contributed by atoms with Crippen LogP contribution in [-0.2, 0) is 0 Å². The first-order valence-electron chi connectivity index (χ1n) is 9.20. The molecule has 2 aromatic rings. The number of nitrogens with one attached hydrogen (secondary N) is 1. The Morgan fingerprint density at radius 2 is 2.15 bits per heavy atom. The highest BCUT2D eigenvalue weighted by molar-refractivity contribution is 6.32. The van der Waals surface area contributed by atoms with Gasteiger partial charge in [0.1, 0.15) is 5.76 Å². The zero-order chi connectivity index (χ0) is 19.2. The molecule has 0 saturated carbocycles. The van der Waals surface area contributed by atoms with E-state index in [9.17, 15) is 4.79 Å². The summed E-state index contributed by atoms with van der Waals surface area (Å²) >= 11 is 6.28. The lowest BCUT2D eigenvalue weighted by Gasteiger charge is -2.26. The van der Waals surface area contributed by atoms with Crippen LogP contribution in [0.2, 0.25) is 5.02 Å². The van der Waals surface area contributed by atoms with Crippen molar-refractivity contribution in [3.05, 3.63) is 46.9 Å². The largest absolute Gasteiger partial charge is 0.493 e. The van der Waals surface area contributed by atoms with Crippen molar-refractivity contribution in [2.45, 2.75) is 25.8 Å². The van der Waals surface area contributed by atoms with Crippen LogP contribution in [0.5, 0.6) is 11.5 Å². The molecule has 7 heteroatoms. The fourth-order valence-electron chi connectivity index (χ4n) is 3.37. The third-order valence-electron chi connectivity index (χ3n) is 4.69. The molecule has 6 nitrogen and oxygen atoms in total. The van der Waals surface area contributed by atoms with Gasteiger partial charge in [-0.05, 0) is 57.1 Å². The zero-order valence-corrected chi connectivity index (χ0v) is 16.4. The van der Waals surface area contributed by atoms with Gasteiger partial charge < -0.3 is 19.2 Å². The first-order valence-corrected chi connectivity index (χ1v) is 9.57. The van der Waals surface area contributed by atoms with Crippen LogP contribution in [0, 0.1) is 0 Å². The molecular weight excluding hydrogens is 368 g/mol. The average molecular weight is 393 g/mol. The molecule has 2 heterocycles. The van der Waals surface area contributed by atoms with Crippen molar-refractivity contribution in [3.8, 4) is 11.5 Å². The van der Waals surface area contributed by atoms with E-state index in [1.165, 1.54) is 7.11 Å². The van der Waals surface area contributed by atoms with Gasteiger partial charge >= 0.3 is 0 Å². The maximum Gasteiger partial charge on any atom is 0.251 e. The number of hydrogen-bond donors (Lipinski definition) is 1. The van der Waals surface area contributed by atoms with Gasteiger partial charge in [-0.3, -0.25) is 9.69 Å². The van der Waals surface area contributed by atoms with E-state index in [0.29, 0.717) is 35.2 Å². The molecule has 1 saturated heterocycles. The molecule has 1 aromatic heterocycles. The first kappa shape index (κ1) is 19.6. The second-order valence-corrected chi connectivity index (χ2v) is 6.81. The molecule has 1 aliphatic rings. The van der Waals surface area contributed by atoms with Crippen LogP contribution in [0.4, 0.5) is 0 Å². The highest BCUT2D eigenvalue weighted by atomic mass is 35.5. The maximum atomic E-state index is 12.7. The molecule has 0 radical (unpaired) electrons. The Kier molecular flexibility index (Phi) is 6.63. The van der Waals surface area contributed by atoms with E-state index in [0.717, 1.165) is 31.7 Å². The second kappa shape index (κ2) is 9.15. The highest BCUT2D eigenvalue weighted by Crippen LogP contribution is 2.36. The molecule has 27 heavy (non-hydrogen) atoms. The summed E-state index contributed by atoms with van der Waals surface area (Å²) in [6.45, 7) is 4.79. The predicted molar refractivity (Wildman–Crippen MR) is 104 cm³/mol. The Bertz CT molecular complexity index is 758. The van der Waals surface area contributed by atoms with E-state index in [1.807, 2.05) is 19.1 Å². The number of carbonyl (C=O) groups is 1. The number of methoxy groups -OCH3 is 1. The van der Waals surface area contributed by atoms with Gasteiger partial charge in [0.15, 0.2) is 11.5 Å². The summed E-state index contributed by atoms with van der Waals surface area (Å²) in [5, 5.41) is 3.35. The van der Waals surface area contributed by atoms with Crippen LogP contribution in [0.3, 0.4) is 0 Å². The lowest BCUT2D eigenvalue weighted by atomic mass is 10.1. The lowest BCUT2D eigenvalue weighted by Crippen LogP contribution is -2.36. The molecule has 146 valence electrons. The van der Waals surface area contributed by atoms with Gasteiger partial charge in [0.25, 0.3) is 5.91 Å². The lowest BCUT2D eigenvalue weighted by molar-refractivity contribution is 0.0933. The van der Waals surface area contributed by atoms with E-state index in [1.54, 1.807) is 18.4 Å². The number of furan rings is 1. The molecule has 1 atom stereocenters. The number of ether oxygens (including phenoxy) is 2. The molecular formula is C20H25ClN2O4. The Hall–Kier alpha value is -2.18. The van der Waals surface area contributed by atoms with Gasteiger partial charge in [0, 0.05) is 12.1 Å². The number of benzene rings is 1. The SMILES string of the molecule is CCOc1c(Cl)cc(C(=O)NCC(c2ccco2)N2CCCC2)cc1OC. The van der Waals surface area contributed by atoms with Gasteiger partial charge in [0.05, 0.1) is 31.0 Å². The number of nitrogens with zero attached hydrogens (tertiary/aromatic N) is 1. The molecule has 3 rings (SSSR count). The van der Waals surface area contributed by atoms with E-state index < -0.39 is 0 Å². The quantitative estimate of drug-likeness (QED) is 0.738. The van der Waals surface area contributed by atoms with Crippen LogP contribution in [0.1, 0.15) is 41.9 Å². The molecule has 0 spiro atoms. The highest BCUT2D eigenvalue weighted by Gasteiger charge is 2.26. The van der Waals surface area contributed by atoms with E-state index in [2.05, 4.69) is 10.2 Å². The first-order chi connectivity index (χ1) is 13.1. The minimum atomic E-state index is -0.214. The Morgan fingerprint density at radius 1 is 1.37 bits per heavy atom. The van der Waals surface area contributed by atoms with Crippen molar-refractivity contribution in [1.29, 1.82) is 0 Å². The van der Waals surface area contributed by atoms with Crippen molar-refractivity contribution in [2.75, 3.05) is 33.4 Å². The van der Waals surface area contributed by atoms with Gasteiger partial charge in [-0.1, -0.05) is 11.6 Å². The Labute approximate surface area is 164 Å². The molecule has 0 aliphatic carbocycles. The van der Waals surface area contributed by atoms with Crippen LogP contribution in [0.15, 0.2) is 34.9 Å². The number of rotatable bonds is 8. The summed E-state index contributed by atoms with van der Waals surface area (Å²) in [7, 11) is 1.52. The third-order valence-corrected chi connectivity index (χ3v) is 4.97. The normalized spacial score (nSPS) is 15.5. The fourth-order valence-corrected chi connectivity index (χ4v) is 3.64. The van der Waals surface area contributed by atoms with Crippen molar-refractivity contribution in [2.24, 2.45) is 0 Å².